The molecule has 1 aromatic heterocycles. The van der Waals surface area contributed by atoms with Crippen molar-refractivity contribution in [3.63, 3.8) is 0 Å². The minimum atomic E-state index is -0.506. The number of carbonyl (C=O) groups excluding carboxylic acids is 2. The number of nitro benzene ring substituents is 1. The van der Waals surface area contributed by atoms with Crippen LogP contribution in [0.2, 0.25) is 0 Å². The standard InChI is InChI=1S/C29H23N3O4S/c1-2-27(29(34)31-25-9-5-3-7-23(25)24-8-4-6-10-26(24)31)37-22-17-13-20(14-18-22)30-28(33)19-11-15-21(16-12-19)32(35)36/h3-18,27H,2H2,1H3,(H,30,33). The lowest BCUT2D eigenvalue weighted by Crippen LogP contribution is -2.23. The first kappa shape index (κ1) is 24.3. The number of fused-ring (bicyclic) bond motifs is 3. The molecule has 5 rings (SSSR count). The molecule has 37 heavy (non-hydrogen) atoms. The van der Waals surface area contributed by atoms with Gasteiger partial charge in [-0.1, -0.05) is 43.3 Å². The zero-order chi connectivity index (χ0) is 25.9. The number of carbonyl (C=O) groups is 2. The molecule has 8 heteroatoms. The first-order valence-electron chi connectivity index (χ1n) is 11.8. The summed E-state index contributed by atoms with van der Waals surface area (Å²) in [5, 5.41) is 15.4. The molecular weight excluding hydrogens is 486 g/mol. The van der Waals surface area contributed by atoms with Gasteiger partial charge in [0.15, 0.2) is 0 Å². The number of nitrogens with one attached hydrogen (secondary N) is 1. The Hall–Kier alpha value is -4.43. The molecule has 7 nitrogen and oxygen atoms in total. The van der Waals surface area contributed by atoms with Crippen LogP contribution in [0, 0.1) is 10.1 Å². The maximum absolute atomic E-state index is 13.7. The van der Waals surface area contributed by atoms with Crippen molar-refractivity contribution in [2.24, 2.45) is 0 Å². The number of para-hydroxylation sites is 2. The second-order valence-electron chi connectivity index (χ2n) is 8.51. The average Bonchev–Trinajstić information content (AvgIpc) is 3.26. The van der Waals surface area contributed by atoms with Crippen LogP contribution in [0.4, 0.5) is 11.4 Å². The van der Waals surface area contributed by atoms with E-state index in [-0.39, 0.29) is 22.8 Å². The highest BCUT2D eigenvalue weighted by atomic mass is 32.2. The van der Waals surface area contributed by atoms with Crippen LogP contribution in [0.1, 0.15) is 28.5 Å². The number of benzene rings is 4. The molecule has 0 saturated heterocycles. The Bertz CT molecular complexity index is 1570. The summed E-state index contributed by atoms with van der Waals surface area (Å²) in [5.74, 6) is -0.330. The first-order valence-corrected chi connectivity index (χ1v) is 12.7. The molecule has 0 fully saturated rings. The van der Waals surface area contributed by atoms with Crippen LogP contribution in [0.25, 0.3) is 21.8 Å². The van der Waals surface area contributed by atoms with E-state index < -0.39 is 4.92 Å². The number of amides is 1. The lowest BCUT2D eigenvalue weighted by Gasteiger charge is -2.16. The highest BCUT2D eigenvalue weighted by Crippen LogP contribution is 2.33. The Kier molecular flexibility index (Phi) is 6.74. The number of non-ortho nitro benzene ring substituents is 1. The van der Waals surface area contributed by atoms with Gasteiger partial charge in [0, 0.05) is 39.1 Å². The molecule has 1 unspecified atom stereocenters. The summed E-state index contributed by atoms with van der Waals surface area (Å²) in [5.41, 5.74) is 2.65. The monoisotopic (exact) mass is 509 g/mol. The molecule has 0 aliphatic heterocycles. The van der Waals surface area contributed by atoms with Crippen molar-refractivity contribution in [2.45, 2.75) is 23.5 Å². The molecule has 0 aliphatic carbocycles. The molecule has 1 N–H and O–H groups in total. The summed E-state index contributed by atoms with van der Waals surface area (Å²) < 4.78 is 1.82. The van der Waals surface area contributed by atoms with Gasteiger partial charge in [0.2, 0.25) is 5.91 Å². The summed E-state index contributed by atoms with van der Waals surface area (Å²) in [4.78, 5) is 37.5. The van der Waals surface area contributed by atoms with Gasteiger partial charge in [-0.15, -0.1) is 11.8 Å². The number of thioether (sulfide) groups is 1. The quantitative estimate of drug-likeness (QED) is 0.143. The van der Waals surface area contributed by atoms with Gasteiger partial charge in [0.05, 0.1) is 21.2 Å². The van der Waals surface area contributed by atoms with Crippen LogP contribution in [-0.4, -0.2) is 26.6 Å². The van der Waals surface area contributed by atoms with Gasteiger partial charge in [-0.05, 0) is 55.0 Å². The maximum atomic E-state index is 13.7. The molecule has 0 aliphatic rings. The van der Waals surface area contributed by atoms with Gasteiger partial charge in [0.25, 0.3) is 11.6 Å². The molecular formula is C29H23N3O4S. The molecule has 0 bridgehead atoms. The smallest absolute Gasteiger partial charge is 0.269 e. The van der Waals surface area contributed by atoms with Crippen molar-refractivity contribution in [2.75, 3.05) is 5.32 Å². The second kappa shape index (κ2) is 10.3. The number of hydrogen-bond donors (Lipinski definition) is 1. The first-order chi connectivity index (χ1) is 18.0. The van der Waals surface area contributed by atoms with E-state index in [4.69, 9.17) is 0 Å². The third-order valence-electron chi connectivity index (χ3n) is 6.18. The van der Waals surface area contributed by atoms with Crippen molar-refractivity contribution >= 4 is 56.8 Å². The van der Waals surface area contributed by atoms with Crippen molar-refractivity contribution in [3.05, 3.63) is 113 Å². The summed E-state index contributed by atoms with van der Waals surface area (Å²) in [6.45, 7) is 2.00. The number of aromatic nitrogens is 1. The molecule has 5 aromatic rings. The van der Waals surface area contributed by atoms with E-state index in [0.717, 1.165) is 26.7 Å². The Labute approximate surface area is 217 Å². The Morgan fingerprint density at radius 2 is 1.43 bits per heavy atom. The van der Waals surface area contributed by atoms with Crippen LogP contribution in [0.5, 0.6) is 0 Å². The summed E-state index contributed by atoms with van der Waals surface area (Å²) in [7, 11) is 0. The highest BCUT2D eigenvalue weighted by molar-refractivity contribution is 8.00. The van der Waals surface area contributed by atoms with Crippen LogP contribution < -0.4 is 5.32 Å². The molecule has 184 valence electrons. The van der Waals surface area contributed by atoms with E-state index in [1.807, 2.05) is 72.2 Å². The minimum Gasteiger partial charge on any atom is -0.322 e. The lowest BCUT2D eigenvalue weighted by molar-refractivity contribution is -0.384. The highest BCUT2D eigenvalue weighted by Gasteiger charge is 2.24. The third-order valence-corrected chi connectivity index (χ3v) is 7.54. The fourth-order valence-corrected chi connectivity index (χ4v) is 5.33. The Morgan fingerprint density at radius 3 is 1.97 bits per heavy atom. The van der Waals surface area contributed by atoms with Gasteiger partial charge >= 0.3 is 0 Å². The number of anilines is 1. The van der Waals surface area contributed by atoms with Crippen molar-refractivity contribution in [1.82, 2.24) is 4.57 Å². The Balaban J connectivity index is 1.33. The van der Waals surface area contributed by atoms with Gasteiger partial charge < -0.3 is 5.32 Å². The van der Waals surface area contributed by atoms with Crippen LogP contribution in [-0.2, 0) is 0 Å². The zero-order valence-corrected chi connectivity index (χ0v) is 20.8. The summed E-state index contributed by atoms with van der Waals surface area (Å²) in [6.07, 6.45) is 0.656. The van der Waals surface area contributed by atoms with Gasteiger partial charge in [-0.25, -0.2) is 0 Å². The molecule has 0 radical (unpaired) electrons. The molecule has 0 spiro atoms. The minimum absolute atomic E-state index is 0.0282. The van der Waals surface area contributed by atoms with E-state index in [2.05, 4.69) is 5.32 Å². The normalized spacial score (nSPS) is 11.9. The predicted octanol–water partition coefficient (Wildman–Crippen LogP) is 7.17. The predicted molar refractivity (Wildman–Crippen MR) is 147 cm³/mol. The summed E-state index contributed by atoms with van der Waals surface area (Å²) >= 11 is 1.49. The van der Waals surface area contributed by atoms with Gasteiger partial charge in [-0.2, -0.15) is 0 Å². The Morgan fingerprint density at radius 1 is 0.865 bits per heavy atom. The summed E-state index contributed by atoms with van der Waals surface area (Å²) in [6, 6.07) is 28.6. The van der Waals surface area contributed by atoms with E-state index in [0.29, 0.717) is 17.7 Å². The number of hydrogen-bond acceptors (Lipinski definition) is 5. The molecule has 4 aromatic carbocycles. The number of nitrogens with zero attached hydrogens (tertiary/aromatic N) is 2. The average molecular weight is 510 g/mol. The van der Waals surface area contributed by atoms with Crippen LogP contribution in [0.3, 0.4) is 0 Å². The largest absolute Gasteiger partial charge is 0.322 e. The molecule has 0 saturated carbocycles. The SMILES string of the molecule is CCC(Sc1ccc(NC(=O)c2ccc([N+](=O)[O-])cc2)cc1)C(=O)n1c2ccccc2c2ccccc21. The van der Waals surface area contributed by atoms with E-state index in [1.165, 1.54) is 36.0 Å². The van der Waals surface area contributed by atoms with E-state index in [9.17, 15) is 19.7 Å². The number of rotatable bonds is 7. The van der Waals surface area contributed by atoms with Crippen LogP contribution >= 0.6 is 11.8 Å². The topological polar surface area (TPSA) is 94.2 Å². The number of nitro groups is 1. The lowest BCUT2D eigenvalue weighted by atomic mass is 10.2. The molecule has 1 heterocycles. The molecule has 1 atom stereocenters. The van der Waals surface area contributed by atoms with E-state index in [1.54, 1.807) is 12.1 Å². The van der Waals surface area contributed by atoms with Crippen LogP contribution in [0.15, 0.2) is 102 Å². The third kappa shape index (κ3) is 4.83. The maximum Gasteiger partial charge on any atom is 0.269 e. The van der Waals surface area contributed by atoms with Crippen molar-refractivity contribution < 1.29 is 14.5 Å². The van der Waals surface area contributed by atoms with Crippen molar-refractivity contribution in [3.8, 4) is 0 Å². The fraction of sp³-hybridized carbons (Fsp3) is 0.103. The fourth-order valence-electron chi connectivity index (χ4n) is 4.33. The van der Waals surface area contributed by atoms with Crippen molar-refractivity contribution in [1.29, 1.82) is 0 Å². The van der Waals surface area contributed by atoms with Gasteiger partial charge in [0.1, 0.15) is 0 Å². The second-order valence-corrected chi connectivity index (χ2v) is 9.78. The molecule has 1 amide bonds. The van der Waals surface area contributed by atoms with E-state index >= 15 is 0 Å². The zero-order valence-electron chi connectivity index (χ0n) is 20.0. The van der Waals surface area contributed by atoms with Gasteiger partial charge in [-0.3, -0.25) is 24.3 Å².